The summed E-state index contributed by atoms with van der Waals surface area (Å²) in [6.07, 6.45) is 1.37. The van der Waals surface area contributed by atoms with E-state index < -0.39 is 17.7 Å². The standard InChI is InChI=1S/C15H15NO5/c1-15(2)20-13(18)11(14(19)21-15)8-9-4-6-10(7-5-9)12(17)16-3/h4-8H,1-3H3,(H,16,17). The zero-order chi connectivity index (χ0) is 15.6. The van der Waals surface area contributed by atoms with Gasteiger partial charge in [0.15, 0.2) is 0 Å². The van der Waals surface area contributed by atoms with Gasteiger partial charge in [0.25, 0.3) is 11.7 Å². The van der Waals surface area contributed by atoms with Crippen LogP contribution < -0.4 is 5.32 Å². The number of rotatable bonds is 2. The molecule has 0 spiro atoms. The topological polar surface area (TPSA) is 81.7 Å². The maximum absolute atomic E-state index is 11.8. The van der Waals surface area contributed by atoms with E-state index in [0.717, 1.165) is 0 Å². The smallest absolute Gasteiger partial charge is 0.348 e. The fourth-order valence-electron chi connectivity index (χ4n) is 1.82. The molecule has 1 heterocycles. The first-order valence-electron chi connectivity index (χ1n) is 6.33. The summed E-state index contributed by atoms with van der Waals surface area (Å²) in [6, 6.07) is 6.43. The highest BCUT2D eigenvalue weighted by molar-refractivity contribution is 6.18. The minimum Gasteiger partial charge on any atom is -0.419 e. The van der Waals surface area contributed by atoms with Crippen molar-refractivity contribution in [1.82, 2.24) is 5.32 Å². The molecule has 1 aromatic rings. The third-order valence-electron chi connectivity index (χ3n) is 2.83. The Morgan fingerprint density at radius 2 is 1.62 bits per heavy atom. The Kier molecular flexibility index (Phi) is 3.80. The molecule has 1 amide bonds. The number of hydrogen-bond donors (Lipinski definition) is 1. The van der Waals surface area contributed by atoms with E-state index in [2.05, 4.69) is 5.32 Å². The lowest BCUT2D eigenvalue weighted by molar-refractivity contribution is -0.222. The molecule has 21 heavy (non-hydrogen) atoms. The van der Waals surface area contributed by atoms with E-state index in [4.69, 9.17) is 9.47 Å². The number of nitrogens with one attached hydrogen (secondary N) is 1. The van der Waals surface area contributed by atoms with Gasteiger partial charge in [0.1, 0.15) is 5.57 Å². The molecular formula is C15H15NO5. The summed E-state index contributed by atoms with van der Waals surface area (Å²) in [6.45, 7) is 2.97. The Balaban J connectivity index is 2.25. The lowest BCUT2D eigenvalue weighted by Crippen LogP contribution is -2.41. The first kappa shape index (κ1) is 14.8. The van der Waals surface area contributed by atoms with Crippen LogP contribution in [0.25, 0.3) is 6.08 Å². The summed E-state index contributed by atoms with van der Waals surface area (Å²) in [5.74, 6) is -2.93. The lowest BCUT2D eigenvalue weighted by atomic mass is 10.1. The van der Waals surface area contributed by atoms with E-state index in [1.54, 1.807) is 24.3 Å². The van der Waals surface area contributed by atoms with Crippen molar-refractivity contribution >= 4 is 23.9 Å². The second-order valence-corrected chi connectivity index (χ2v) is 4.94. The van der Waals surface area contributed by atoms with Gasteiger partial charge < -0.3 is 14.8 Å². The minimum atomic E-state index is -1.26. The van der Waals surface area contributed by atoms with Gasteiger partial charge in [-0.25, -0.2) is 9.59 Å². The summed E-state index contributed by atoms with van der Waals surface area (Å²) in [5.41, 5.74) is 0.892. The van der Waals surface area contributed by atoms with Crippen molar-refractivity contribution in [2.75, 3.05) is 7.05 Å². The van der Waals surface area contributed by atoms with Gasteiger partial charge in [-0.2, -0.15) is 0 Å². The van der Waals surface area contributed by atoms with E-state index >= 15 is 0 Å². The average molecular weight is 289 g/mol. The molecule has 0 unspecified atom stereocenters. The van der Waals surface area contributed by atoms with Crippen molar-refractivity contribution in [3.8, 4) is 0 Å². The van der Waals surface area contributed by atoms with Crippen LogP contribution in [0.1, 0.15) is 29.8 Å². The predicted molar refractivity (Wildman–Crippen MR) is 74.1 cm³/mol. The fraction of sp³-hybridized carbons (Fsp3) is 0.267. The SMILES string of the molecule is CNC(=O)c1ccc(C=C2C(=O)OC(C)(C)OC2=O)cc1. The molecule has 0 bridgehead atoms. The Morgan fingerprint density at radius 1 is 1.10 bits per heavy atom. The number of benzene rings is 1. The normalized spacial score (nSPS) is 16.8. The molecule has 0 aliphatic carbocycles. The van der Waals surface area contributed by atoms with Gasteiger partial charge in [-0.1, -0.05) is 12.1 Å². The van der Waals surface area contributed by atoms with E-state index in [1.165, 1.54) is 27.0 Å². The number of hydrogen-bond acceptors (Lipinski definition) is 5. The maximum atomic E-state index is 11.8. The molecule has 1 N–H and O–H groups in total. The maximum Gasteiger partial charge on any atom is 0.348 e. The summed E-state index contributed by atoms with van der Waals surface area (Å²) in [7, 11) is 1.54. The van der Waals surface area contributed by atoms with Crippen LogP contribution in [0.2, 0.25) is 0 Å². The van der Waals surface area contributed by atoms with Gasteiger partial charge in [0, 0.05) is 26.5 Å². The molecule has 0 atom stereocenters. The molecule has 0 radical (unpaired) electrons. The van der Waals surface area contributed by atoms with Gasteiger partial charge in [0.2, 0.25) is 0 Å². The van der Waals surface area contributed by atoms with Crippen LogP contribution in [-0.2, 0) is 19.1 Å². The van der Waals surface area contributed by atoms with Gasteiger partial charge in [0.05, 0.1) is 0 Å². The third-order valence-corrected chi connectivity index (χ3v) is 2.83. The number of ether oxygens (including phenoxy) is 2. The second kappa shape index (κ2) is 5.40. The highest BCUT2D eigenvalue weighted by Gasteiger charge is 2.38. The van der Waals surface area contributed by atoms with Crippen LogP contribution in [0.4, 0.5) is 0 Å². The Labute approximate surface area is 121 Å². The largest absolute Gasteiger partial charge is 0.419 e. The number of carbonyl (C=O) groups is 3. The van der Waals surface area contributed by atoms with Crippen molar-refractivity contribution in [3.63, 3.8) is 0 Å². The Morgan fingerprint density at radius 3 is 2.10 bits per heavy atom. The molecule has 1 aliphatic heterocycles. The molecular weight excluding hydrogens is 274 g/mol. The van der Waals surface area contributed by atoms with Crippen molar-refractivity contribution in [1.29, 1.82) is 0 Å². The van der Waals surface area contributed by atoms with Crippen molar-refractivity contribution in [2.24, 2.45) is 0 Å². The first-order chi connectivity index (χ1) is 9.82. The quantitative estimate of drug-likeness (QED) is 0.503. The molecule has 1 fully saturated rings. The van der Waals surface area contributed by atoms with Crippen molar-refractivity contribution < 1.29 is 23.9 Å². The van der Waals surface area contributed by atoms with E-state index in [0.29, 0.717) is 11.1 Å². The molecule has 6 heteroatoms. The second-order valence-electron chi connectivity index (χ2n) is 4.94. The predicted octanol–water partition coefficient (Wildman–Crippen LogP) is 1.27. The zero-order valence-electron chi connectivity index (χ0n) is 11.9. The van der Waals surface area contributed by atoms with Crippen molar-refractivity contribution in [2.45, 2.75) is 19.6 Å². The molecule has 0 aromatic heterocycles. The summed E-state index contributed by atoms with van der Waals surface area (Å²) in [4.78, 5) is 35.0. The van der Waals surface area contributed by atoms with Crippen molar-refractivity contribution in [3.05, 3.63) is 41.0 Å². The molecule has 110 valence electrons. The lowest BCUT2D eigenvalue weighted by Gasteiger charge is -2.29. The van der Waals surface area contributed by atoms with E-state index in [-0.39, 0.29) is 11.5 Å². The molecule has 0 saturated carbocycles. The van der Waals surface area contributed by atoms with Crippen LogP contribution >= 0.6 is 0 Å². The molecule has 1 aliphatic rings. The zero-order valence-corrected chi connectivity index (χ0v) is 11.9. The van der Waals surface area contributed by atoms with Gasteiger partial charge in [-0.3, -0.25) is 4.79 Å². The number of esters is 2. The van der Waals surface area contributed by atoms with Crippen LogP contribution in [0.5, 0.6) is 0 Å². The van der Waals surface area contributed by atoms with E-state index in [1.807, 2.05) is 0 Å². The monoisotopic (exact) mass is 289 g/mol. The van der Waals surface area contributed by atoms with Crippen LogP contribution in [0, 0.1) is 0 Å². The van der Waals surface area contributed by atoms with Gasteiger partial charge >= 0.3 is 11.9 Å². The van der Waals surface area contributed by atoms with Gasteiger partial charge in [-0.15, -0.1) is 0 Å². The number of cyclic esters (lactones) is 2. The van der Waals surface area contributed by atoms with E-state index in [9.17, 15) is 14.4 Å². The van der Waals surface area contributed by atoms with Crippen LogP contribution in [0.15, 0.2) is 29.8 Å². The summed E-state index contributed by atoms with van der Waals surface area (Å²) in [5, 5.41) is 2.50. The number of amides is 1. The van der Waals surface area contributed by atoms with Gasteiger partial charge in [-0.05, 0) is 23.8 Å². The highest BCUT2D eigenvalue weighted by atomic mass is 16.7. The molecule has 1 aromatic carbocycles. The summed E-state index contributed by atoms with van der Waals surface area (Å²) < 4.78 is 9.99. The third kappa shape index (κ3) is 3.28. The summed E-state index contributed by atoms with van der Waals surface area (Å²) >= 11 is 0. The molecule has 1 saturated heterocycles. The van der Waals surface area contributed by atoms with Crippen LogP contribution in [-0.4, -0.2) is 30.7 Å². The first-order valence-corrected chi connectivity index (χ1v) is 6.33. The van der Waals surface area contributed by atoms with Crippen LogP contribution in [0.3, 0.4) is 0 Å². The molecule has 2 rings (SSSR count). The fourth-order valence-corrected chi connectivity index (χ4v) is 1.82. The minimum absolute atomic E-state index is 0.179. The Hall–Kier alpha value is -2.63. The highest BCUT2D eigenvalue weighted by Crippen LogP contribution is 2.24. The number of carbonyl (C=O) groups excluding carboxylic acids is 3. The average Bonchev–Trinajstić information content (AvgIpc) is 2.41. The molecule has 6 nitrogen and oxygen atoms in total. The Bertz CT molecular complexity index is 606.